The van der Waals surface area contributed by atoms with E-state index in [-0.39, 0.29) is 29.6 Å². The van der Waals surface area contributed by atoms with Crippen molar-refractivity contribution in [3.63, 3.8) is 0 Å². The van der Waals surface area contributed by atoms with Gasteiger partial charge in [-0.1, -0.05) is 30.3 Å². The van der Waals surface area contributed by atoms with Crippen LogP contribution in [0.15, 0.2) is 48.5 Å². The molecule has 180 valence electrons. The van der Waals surface area contributed by atoms with E-state index < -0.39 is 12.2 Å². The molecule has 3 fully saturated rings. The van der Waals surface area contributed by atoms with E-state index in [1.165, 1.54) is 5.56 Å². The Bertz CT molecular complexity index is 1060. The summed E-state index contributed by atoms with van der Waals surface area (Å²) in [7, 11) is 0. The molecule has 3 aliphatic rings. The standard InChI is InChI=1S/C27H33N3O4/c28-15-16-3-1-4-18(11-16)17-7-9-30(10-8-17)27(34)19-5-2-6-21(12-19)29-26(33)23-14-20-13-22(23)25(32)24(20)31/h1-6,11-12,17,20,22-25,31-32H,7-10,13-15,28H2,(H,29,33). The predicted octanol–water partition coefficient (Wildman–Crippen LogP) is 2.48. The Labute approximate surface area is 200 Å². The molecule has 0 radical (unpaired) electrons. The molecule has 2 aromatic rings. The van der Waals surface area contributed by atoms with Gasteiger partial charge in [0.2, 0.25) is 5.91 Å². The van der Waals surface area contributed by atoms with Crippen LogP contribution in [0.1, 0.15) is 53.1 Å². The van der Waals surface area contributed by atoms with Gasteiger partial charge < -0.3 is 26.2 Å². The lowest BCUT2D eigenvalue weighted by Crippen LogP contribution is -2.41. The van der Waals surface area contributed by atoms with E-state index in [9.17, 15) is 19.8 Å². The number of hydrogen-bond donors (Lipinski definition) is 4. The van der Waals surface area contributed by atoms with Crippen molar-refractivity contribution in [2.24, 2.45) is 23.5 Å². The van der Waals surface area contributed by atoms with Crippen LogP contribution in [0.5, 0.6) is 0 Å². The third-order valence-corrected chi connectivity index (χ3v) is 8.07. The summed E-state index contributed by atoms with van der Waals surface area (Å²) in [4.78, 5) is 27.9. The number of nitrogens with one attached hydrogen (secondary N) is 1. The highest BCUT2D eigenvalue weighted by Gasteiger charge is 2.53. The second kappa shape index (κ2) is 9.49. The van der Waals surface area contributed by atoms with Crippen LogP contribution in [0.25, 0.3) is 0 Å². The molecule has 34 heavy (non-hydrogen) atoms. The van der Waals surface area contributed by atoms with Gasteiger partial charge in [0, 0.05) is 36.8 Å². The summed E-state index contributed by atoms with van der Waals surface area (Å²) in [5.74, 6) is -0.260. The molecule has 1 heterocycles. The van der Waals surface area contributed by atoms with Crippen LogP contribution >= 0.6 is 0 Å². The number of likely N-dealkylation sites (tertiary alicyclic amines) is 1. The van der Waals surface area contributed by atoms with Crippen molar-refractivity contribution < 1.29 is 19.8 Å². The van der Waals surface area contributed by atoms with E-state index in [2.05, 4.69) is 17.4 Å². The number of nitrogens with zero attached hydrogens (tertiary/aromatic N) is 1. The van der Waals surface area contributed by atoms with Gasteiger partial charge in [0.1, 0.15) is 0 Å². The average Bonchev–Trinajstić information content (AvgIpc) is 3.43. The van der Waals surface area contributed by atoms with Crippen molar-refractivity contribution in [1.29, 1.82) is 0 Å². The van der Waals surface area contributed by atoms with Gasteiger partial charge in [-0.3, -0.25) is 9.59 Å². The molecule has 7 heteroatoms. The normalized spacial score (nSPS) is 28.8. The lowest BCUT2D eigenvalue weighted by atomic mass is 9.84. The fraction of sp³-hybridized carbons (Fsp3) is 0.481. The summed E-state index contributed by atoms with van der Waals surface area (Å²) < 4.78 is 0. The van der Waals surface area contributed by atoms with Gasteiger partial charge in [-0.2, -0.15) is 0 Å². The van der Waals surface area contributed by atoms with Gasteiger partial charge in [0.25, 0.3) is 5.91 Å². The first kappa shape index (κ1) is 23.0. The number of nitrogens with two attached hydrogens (primary N) is 1. The number of amides is 2. The lowest BCUT2D eigenvalue weighted by Gasteiger charge is -2.32. The van der Waals surface area contributed by atoms with E-state index in [1.807, 2.05) is 17.0 Å². The Morgan fingerprint density at radius 1 is 1.00 bits per heavy atom. The molecule has 2 bridgehead atoms. The molecule has 5 rings (SSSR count). The number of rotatable bonds is 5. The van der Waals surface area contributed by atoms with Gasteiger partial charge in [-0.05, 0) is 72.8 Å². The second-order valence-corrected chi connectivity index (χ2v) is 10.1. The summed E-state index contributed by atoms with van der Waals surface area (Å²) >= 11 is 0. The molecule has 0 aromatic heterocycles. The van der Waals surface area contributed by atoms with Gasteiger partial charge >= 0.3 is 0 Å². The Morgan fingerprint density at radius 3 is 2.47 bits per heavy atom. The van der Waals surface area contributed by atoms with E-state index in [4.69, 9.17) is 5.73 Å². The van der Waals surface area contributed by atoms with Crippen LogP contribution in [0, 0.1) is 17.8 Å². The molecule has 5 atom stereocenters. The third kappa shape index (κ3) is 4.35. The van der Waals surface area contributed by atoms with E-state index in [0.717, 1.165) is 18.4 Å². The molecule has 2 saturated carbocycles. The van der Waals surface area contributed by atoms with Crippen molar-refractivity contribution in [3.05, 3.63) is 65.2 Å². The molecule has 5 unspecified atom stereocenters. The Balaban J connectivity index is 1.19. The molecular weight excluding hydrogens is 430 g/mol. The molecule has 7 nitrogen and oxygen atoms in total. The van der Waals surface area contributed by atoms with Gasteiger partial charge in [0.15, 0.2) is 0 Å². The maximum Gasteiger partial charge on any atom is 0.253 e. The van der Waals surface area contributed by atoms with E-state index in [0.29, 0.717) is 49.6 Å². The topological polar surface area (TPSA) is 116 Å². The molecule has 2 aliphatic carbocycles. The van der Waals surface area contributed by atoms with Crippen LogP contribution in [0.2, 0.25) is 0 Å². The monoisotopic (exact) mass is 463 g/mol. The van der Waals surface area contributed by atoms with Gasteiger partial charge in [0.05, 0.1) is 12.2 Å². The number of fused-ring (bicyclic) bond motifs is 2. The minimum absolute atomic E-state index is 0.00984. The first-order chi connectivity index (χ1) is 16.4. The number of aliphatic hydroxyl groups excluding tert-OH is 2. The fourth-order valence-corrected chi connectivity index (χ4v) is 6.14. The van der Waals surface area contributed by atoms with Crippen LogP contribution in [0.3, 0.4) is 0 Å². The summed E-state index contributed by atoms with van der Waals surface area (Å²) in [6.07, 6.45) is 1.55. The summed E-state index contributed by atoms with van der Waals surface area (Å²) in [6.45, 7) is 1.92. The van der Waals surface area contributed by atoms with Crippen molar-refractivity contribution in [3.8, 4) is 0 Å². The number of anilines is 1. The quantitative estimate of drug-likeness (QED) is 0.544. The molecule has 1 saturated heterocycles. The number of aliphatic hydroxyl groups is 2. The summed E-state index contributed by atoms with van der Waals surface area (Å²) in [5, 5.41) is 23.1. The fourth-order valence-electron chi connectivity index (χ4n) is 6.14. The smallest absolute Gasteiger partial charge is 0.253 e. The minimum atomic E-state index is -0.830. The van der Waals surface area contributed by atoms with Crippen molar-refractivity contribution in [1.82, 2.24) is 4.90 Å². The highest BCUT2D eigenvalue weighted by molar-refractivity contribution is 5.98. The first-order valence-corrected chi connectivity index (χ1v) is 12.3. The zero-order valence-corrected chi connectivity index (χ0v) is 19.3. The highest BCUT2D eigenvalue weighted by Crippen LogP contribution is 2.49. The molecule has 1 aliphatic heterocycles. The minimum Gasteiger partial charge on any atom is -0.390 e. The molecule has 2 aromatic carbocycles. The molecular formula is C27H33N3O4. The van der Waals surface area contributed by atoms with Crippen LogP contribution in [-0.4, -0.2) is 52.2 Å². The molecule has 2 amide bonds. The number of benzene rings is 2. The average molecular weight is 464 g/mol. The van der Waals surface area contributed by atoms with Crippen molar-refractivity contribution in [2.45, 2.75) is 50.4 Å². The van der Waals surface area contributed by atoms with Crippen LogP contribution < -0.4 is 11.1 Å². The number of carbonyl (C=O) groups is 2. The second-order valence-electron chi connectivity index (χ2n) is 10.1. The molecule has 0 spiro atoms. The Hall–Kier alpha value is -2.74. The maximum atomic E-state index is 13.2. The number of carbonyl (C=O) groups excluding carboxylic acids is 2. The van der Waals surface area contributed by atoms with E-state index >= 15 is 0 Å². The van der Waals surface area contributed by atoms with Gasteiger partial charge in [-0.15, -0.1) is 0 Å². The Kier molecular flexibility index (Phi) is 6.42. The van der Waals surface area contributed by atoms with E-state index in [1.54, 1.807) is 24.3 Å². The maximum absolute atomic E-state index is 13.2. The third-order valence-electron chi connectivity index (χ3n) is 8.07. The Morgan fingerprint density at radius 2 is 1.76 bits per heavy atom. The highest BCUT2D eigenvalue weighted by atomic mass is 16.3. The lowest BCUT2D eigenvalue weighted by molar-refractivity contribution is -0.125. The summed E-state index contributed by atoms with van der Waals surface area (Å²) in [5.41, 5.74) is 9.34. The molecule has 5 N–H and O–H groups in total. The number of piperidine rings is 1. The first-order valence-electron chi connectivity index (χ1n) is 12.3. The number of hydrogen-bond acceptors (Lipinski definition) is 5. The predicted molar refractivity (Wildman–Crippen MR) is 129 cm³/mol. The SMILES string of the molecule is NCc1cccc(C2CCN(C(=O)c3cccc(NC(=O)C4CC5CC4C(O)C5O)c3)CC2)c1. The zero-order valence-electron chi connectivity index (χ0n) is 19.3. The largest absolute Gasteiger partial charge is 0.390 e. The zero-order chi connectivity index (χ0) is 23.8. The van der Waals surface area contributed by atoms with Crippen molar-refractivity contribution >= 4 is 17.5 Å². The van der Waals surface area contributed by atoms with Crippen molar-refractivity contribution in [2.75, 3.05) is 18.4 Å². The van der Waals surface area contributed by atoms with Gasteiger partial charge in [-0.25, -0.2) is 0 Å². The van der Waals surface area contributed by atoms with Crippen LogP contribution in [-0.2, 0) is 11.3 Å². The summed E-state index contributed by atoms with van der Waals surface area (Å²) in [6, 6.07) is 15.5. The van der Waals surface area contributed by atoms with Crippen LogP contribution in [0.4, 0.5) is 5.69 Å².